The summed E-state index contributed by atoms with van der Waals surface area (Å²) < 4.78 is 0. The number of likely N-dealkylation sites (tertiary alicyclic amines) is 1. The van der Waals surface area contributed by atoms with Gasteiger partial charge in [0.05, 0.1) is 0 Å². The van der Waals surface area contributed by atoms with Gasteiger partial charge in [0.1, 0.15) is 5.82 Å². The number of hydrogen-bond donors (Lipinski definition) is 1. The van der Waals surface area contributed by atoms with E-state index in [4.69, 9.17) is 0 Å². The Hall–Kier alpha value is -1.58. The summed E-state index contributed by atoms with van der Waals surface area (Å²) >= 11 is 0. The second kappa shape index (κ2) is 5.85. The van der Waals surface area contributed by atoms with Gasteiger partial charge in [0.25, 0.3) is 0 Å². The Labute approximate surface area is 108 Å². The van der Waals surface area contributed by atoms with E-state index in [2.05, 4.69) is 24.1 Å². The molecule has 1 atom stereocenters. The minimum Gasteiger partial charge on any atom is -0.370 e. The molecule has 0 saturated carbocycles. The molecule has 0 spiro atoms. The highest BCUT2D eigenvalue weighted by Crippen LogP contribution is 2.19. The average Bonchev–Trinajstić information content (AvgIpc) is 2.67. The fourth-order valence-corrected chi connectivity index (χ4v) is 2.22. The fourth-order valence-electron chi connectivity index (χ4n) is 2.22. The molecule has 2 rings (SSSR count). The molecule has 98 valence electrons. The number of carbonyl (C=O) groups is 1. The highest BCUT2D eigenvalue weighted by Gasteiger charge is 2.26. The SMILES string of the molecule is CCCNc1ccc(CN2CC(C)CC2=O)cn1. The van der Waals surface area contributed by atoms with E-state index in [-0.39, 0.29) is 5.91 Å². The molecule has 4 heteroatoms. The van der Waals surface area contributed by atoms with Crippen LogP contribution in [0, 0.1) is 5.92 Å². The average molecular weight is 247 g/mol. The molecule has 1 aliphatic heterocycles. The lowest BCUT2D eigenvalue weighted by atomic mass is 10.2. The summed E-state index contributed by atoms with van der Waals surface area (Å²) in [6, 6.07) is 4.02. The van der Waals surface area contributed by atoms with E-state index < -0.39 is 0 Å². The third-order valence-corrected chi connectivity index (χ3v) is 3.16. The maximum Gasteiger partial charge on any atom is 0.223 e. The molecule has 4 nitrogen and oxygen atoms in total. The zero-order valence-electron chi connectivity index (χ0n) is 11.1. The van der Waals surface area contributed by atoms with E-state index in [9.17, 15) is 4.79 Å². The Bertz CT molecular complexity index is 402. The third-order valence-electron chi connectivity index (χ3n) is 3.16. The number of pyridine rings is 1. The largest absolute Gasteiger partial charge is 0.370 e. The second-order valence-corrected chi connectivity index (χ2v) is 5.06. The molecule has 18 heavy (non-hydrogen) atoms. The molecule has 0 radical (unpaired) electrons. The quantitative estimate of drug-likeness (QED) is 0.868. The summed E-state index contributed by atoms with van der Waals surface area (Å²) in [7, 11) is 0. The maximum atomic E-state index is 11.7. The monoisotopic (exact) mass is 247 g/mol. The van der Waals surface area contributed by atoms with Crippen LogP contribution >= 0.6 is 0 Å². The molecule has 1 aromatic rings. The lowest BCUT2D eigenvalue weighted by Gasteiger charge is -2.16. The lowest BCUT2D eigenvalue weighted by Crippen LogP contribution is -2.24. The molecule has 1 aliphatic rings. The van der Waals surface area contributed by atoms with Crippen LogP contribution < -0.4 is 5.32 Å². The molecule has 0 aromatic carbocycles. The molecule has 1 aromatic heterocycles. The summed E-state index contributed by atoms with van der Waals surface area (Å²) in [6.07, 6.45) is 3.63. The van der Waals surface area contributed by atoms with Crippen molar-refractivity contribution < 1.29 is 4.79 Å². The topological polar surface area (TPSA) is 45.2 Å². The predicted octanol–water partition coefficient (Wildman–Crippen LogP) is 2.27. The zero-order chi connectivity index (χ0) is 13.0. The van der Waals surface area contributed by atoms with E-state index in [0.717, 1.165) is 30.9 Å². The van der Waals surface area contributed by atoms with Crippen LogP contribution in [-0.2, 0) is 11.3 Å². The number of aromatic nitrogens is 1. The first-order chi connectivity index (χ1) is 8.69. The Balaban J connectivity index is 1.92. The summed E-state index contributed by atoms with van der Waals surface area (Å²) in [5, 5.41) is 3.24. The van der Waals surface area contributed by atoms with Crippen LogP contribution in [0.3, 0.4) is 0 Å². The van der Waals surface area contributed by atoms with Crippen LogP contribution in [0.1, 0.15) is 32.3 Å². The molecular formula is C14H21N3O. The van der Waals surface area contributed by atoms with E-state index in [0.29, 0.717) is 18.9 Å². The summed E-state index contributed by atoms with van der Waals surface area (Å²) in [5.41, 5.74) is 1.10. The highest BCUT2D eigenvalue weighted by atomic mass is 16.2. The van der Waals surface area contributed by atoms with Crippen molar-refractivity contribution in [3.05, 3.63) is 23.9 Å². The minimum absolute atomic E-state index is 0.260. The van der Waals surface area contributed by atoms with Crippen LogP contribution in [-0.4, -0.2) is 28.9 Å². The van der Waals surface area contributed by atoms with Gasteiger partial charge in [0, 0.05) is 32.3 Å². The van der Waals surface area contributed by atoms with Gasteiger partial charge in [-0.15, -0.1) is 0 Å². The van der Waals surface area contributed by atoms with E-state index >= 15 is 0 Å². The van der Waals surface area contributed by atoms with Crippen molar-refractivity contribution in [2.45, 2.75) is 33.2 Å². The highest BCUT2D eigenvalue weighted by molar-refractivity contribution is 5.78. The van der Waals surface area contributed by atoms with E-state index in [1.807, 2.05) is 23.2 Å². The number of nitrogens with one attached hydrogen (secondary N) is 1. The van der Waals surface area contributed by atoms with Crippen LogP contribution in [0.25, 0.3) is 0 Å². The van der Waals surface area contributed by atoms with Crippen molar-refractivity contribution in [1.29, 1.82) is 0 Å². The van der Waals surface area contributed by atoms with Gasteiger partial charge in [-0.2, -0.15) is 0 Å². The summed E-state index contributed by atoms with van der Waals surface area (Å²) in [5.74, 6) is 1.65. The number of amides is 1. The van der Waals surface area contributed by atoms with Crippen molar-refractivity contribution in [2.75, 3.05) is 18.4 Å². The first kappa shape index (κ1) is 12.9. The van der Waals surface area contributed by atoms with Gasteiger partial charge in [-0.25, -0.2) is 4.98 Å². The molecule has 1 fully saturated rings. The number of hydrogen-bond acceptors (Lipinski definition) is 3. The standard InChI is InChI=1S/C14H21N3O/c1-3-6-15-13-5-4-12(8-16-13)10-17-9-11(2)7-14(17)18/h4-5,8,11H,3,6-7,9-10H2,1-2H3,(H,15,16). The number of nitrogens with zero attached hydrogens (tertiary/aromatic N) is 2. The number of carbonyl (C=O) groups excluding carboxylic acids is 1. The first-order valence-corrected chi connectivity index (χ1v) is 6.65. The van der Waals surface area contributed by atoms with Crippen LogP contribution in [0.4, 0.5) is 5.82 Å². The molecule has 2 heterocycles. The van der Waals surface area contributed by atoms with Crippen molar-refractivity contribution >= 4 is 11.7 Å². The molecule has 1 amide bonds. The van der Waals surface area contributed by atoms with Crippen molar-refractivity contribution in [3.8, 4) is 0 Å². The maximum absolute atomic E-state index is 11.7. The Kier molecular flexibility index (Phi) is 4.18. The van der Waals surface area contributed by atoms with Crippen LogP contribution in [0.15, 0.2) is 18.3 Å². The van der Waals surface area contributed by atoms with Gasteiger partial charge in [0.2, 0.25) is 5.91 Å². The number of rotatable bonds is 5. The van der Waals surface area contributed by atoms with Gasteiger partial charge >= 0.3 is 0 Å². The predicted molar refractivity (Wildman–Crippen MR) is 72.2 cm³/mol. The summed E-state index contributed by atoms with van der Waals surface area (Å²) in [4.78, 5) is 18.0. The van der Waals surface area contributed by atoms with Crippen LogP contribution in [0.5, 0.6) is 0 Å². The Morgan fingerprint density at radius 1 is 1.50 bits per heavy atom. The molecular weight excluding hydrogens is 226 g/mol. The molecule has 1 unspecified atom stereocenters. The molecule has 0 bridgehead atoms. The van der Waals surface area contributed by atoms with Gasteiger partial charge in [-0.05, 0) is 24.0 Å². The van der Waals surface area contributed by atoms with Crippen molar-refractivity contribution in [2.24, 2.45) is 5.92 Å². The summed E-state index contributed by atoms with van der Waals surface area (Å²) in [6.45, 7) is 6.74. The van der Waals surface area contributed by atoms with E-state index in [1.54, 1.807) is 0 Å². The van der Waals surface area contributed by atoms with Crippen molar-refractivity contribution in [3.63, 3.8) is 0 Å². The molecule has 1 N–H and O–H groups in total. The normalized spacial score (nSPS) is 19.3. The fraction of sp³-hybridized carbons (Fsp3) is 0.571. The van der Waals surface area contributed by atoms with Gasteiger partial charge in [-0.3, -0.25) is 4.79 Å². The van der Waals surface area contributed by atoms with Gasteiger partial charge in [-0.1, -0.05) is 19.9 Å². The Morgan fingerprint density at radius 3 is 2.89 bits per heavy atom. The van der Waals surface area contributed by atoms with E-state index in [1.165, 1.54) is 0 Å². The molecule has 0 aliphatic carbocycles. The first-order valence-electron chi connectivity index (χ1n) is 6.65. The number of anilines is 1. The van der Waals surface area contributed by atoms with Crippen molar-refractivity contribution in [1.82, 2.24) is 9.88 Å². The van der Waals surface area contributed by atoms with Crippen LogP contribution in [0.2, 0.25) is 0 Å². The molecule has 1 saturated heterocycles. The lowest BCUT2D eigenvalue weighted by molar-refractivity contribution is -0.128. The smallest absolute Gasteiger partial charge is 0.223 e. The Morgan fingerprint density at radius 2 is 2.33 bits per heavy atom. The second-order valence-electron chi connectivity index (χ2n) is 5.06. The van der Waals surface area contributed by atoms with Gasteiger partial charge < -0.3 is 10.2 Å². The third kappa shape index (κ3) is 3.22. The van der Waals surface area contributed by atoms with Gasteiger partial charge in [0.15, 0.2) is 0 Å². The minimum atomic E-state index is 0.260. The zero-order valence-corrected chi connectivity index (χ0v) is 11.1.